The number of carbonyl (C=O) groups excluding carboxylic acids is 1. The Morgan fingerprint density at radius 2 is 1.88 bits per heavy atom. The molecule has 3 heteroatoms. The fraction of sp³-hybridized carbons (Fsp3) is 0.682. The molecule has 0 radical (unpaired) electrons. The largest absolute Gasteiger partial charge is 0.373 e. The van der Waals surface area contributed by atoms with E-state index in [0.717, 1.165) is 19.3 Å². The first kappa shape index (κ1) is 20.0. The molecule has 3 nitrogen and oxygen atoms in total. The van der Waals surface area contributed by atoms with Gasteiger partial charge in [-0.1, -0.05) is 59.1 Å². The van der Waals surface area contributed by atoms with Gasteiger partial charge in [0.05, 0.1) is 5.56 Å². The number of carbonyl (C=O) groups is 1. The van der Waals surface area contributed by atoms with E-state index in [4.69, 9.17) is 9.78 Å². The quantitative estimate of drug-likeness (QED) is 0.330. The highest BCUT2D eigenvalue weighted by Gasteiger charge is 2.33. The third-order valence-corrected chi connectivity index (χ3v) is 5.47. The van der Waals surface area contributed by atoms with Crippen LogP contribution in [0.4, 0.5) is 0 Å². The van der Waals surface area contributed by atoms with E-state index in [0.29, 0.717) is 23.3 Å². The molecule has 1 aliphatic carbocycles. The van der Waals surface area contributed by atoms with Crippen LogP contribution in [0.1, 0.15) is 82.1 Å². The molecule has 0 N–H and O–H groups in total. The second kappa shape index (κ2) is 9.96. The molecular weight excluding hydrogens is 312 g/mol. The summed E-state index contributed by atoms with van der Waals surface area (Å²) < 4.78 is 0. The fourth-order valence-corrected chi connectivity index (χ4v) is 3.77. The van der Waals surface area contributed by atoms with Gasteiger partial charge in [0, 0.05) is 0 Å². The standard InChI is InChI=1S/C22H34O3/c1-5-6-7-8-18-10-12-19(13-11-18)22(23)25-24-21-15-17(4)9-14-20(21)16(2)3/h10-13,16-17,20-21H,5-9,14-15H2,1-4H3. The first-order valence-corrected chi connectivity index (χ1v) is 9.97. The Balaban J connectivity index is 1.86. The van der Waals surface area contributed by atoms with Crippen molar-refractivity contribution < 1.29 is 14.6 Å². The molecule has 1 aromatic rings. The van der Waals surface area contributed by atoms with Gasteiger partial charge in [0.1, 0.15) is 6.10 Å². The Kier molecular flexibility index (Phi) is 7.95. The van der Waals surface area contributed by atoms with Crippen LogP contribution >= 0.6 is 0 Å². The van der Waals surface area contributed by atoms with Gasteiger partial charge in [0.2, 0.25) is 0 Å². The average molecular weight is 347 g/mol. The van der Waals surface area contributed by atoms with Gasteiger partial charge in [-0.2, -0.15) is 4.89 Å². The van der Waals surface area contributed by atoms with Crippen LogP contribution in [-0.2, 0) is 16.2 Å². The van der Waals surface area contributed by atoms with Crippen molar-refractivity contribution in [3.8, 4) is 0 Å². The van der Waals surface area contributed by atoms with E-state index in [1.165, 1.54) is 31.2 Å². The predicted octanol–water partition coefficient (Wildman–Crippen LogP) is 5.97. The number of aryl methyl sites for hydroxylation is 1. The van der Waals surface area contributed by atoms with Crippen LogP contribution in [0.15, 0.2) is 24.3 Å². The highest BCUT2D eigenvalue weighted by atomic mass is 17.2. The minimum Gasteiger partial charge on any atom is -0.293 e. The molecule has 3 atom stereocenters. The summed E-state index contributed by atoms with van der Waals surface area (Å²) in [5.41, 5.74) is 1.83. The zero-order chi connectivity index (χ0) is 18.2. The smallest absolute Gasteiger partial charge is 0.293 e. The fourth-order valence-electron chi connectivity index (χ4n) is 3.77. The zero-order valence-corrected chi connectivity index (χ0v) is 16.3. The topological polar surface area (TPSA) is 35.5 Å². The third-order valence-electron chi connectivity index (χ3n) is 5.47. The molecule has 0 saturated heterocycles. The van der Waals surface area contributed by atoms with Crippen molar-refractivity contribution >= 4 is 5.97 Å². The molecule has 0 bridgehead atoms. The first-order chi connectivity index (χ1) is 12.0. The van der Waals surface area contributed by atoms with Gasteiger partial charge in [-0.25, -0.2) is 4.79 Å². The Hall–Kier alpha value is -1.35. The van der Waals surface area contributed by atoms with E-state index in [1.807, 2.05) is 24.3 Å². The van der Waals surface area contributed by atoms with Gasteiger partial charge in [-0.15, -0.1) is 0 Å². The molecule has 1 aromatic carbocycles. The van der Waals surface area contributed by atoms with Crippen molar-refractivity contribution in [3.05, 3.63) is 35.4 Å². The normalized spacial score (nSPS) is 23.6. The van der Waals surface area contributed by atoms with Gasteiger partial charge in [-0.3, -0.25) is 4.89 Å². The summed E-state index contributed by atoms with van der Waals surface area (Å²) in [6, 6.07) is 7.73. The van der Waals surface area contributed by atoms with Gasteiger partial charge < -0.3 is 0 Å². The minimum absolute atomic E-state index is 0.0148. The van der Waals surface area contributed by atoms with E-state index >= 15 is 0 Å². The summed E-state index contributed by atoms with van der Waals surface area (Å²) in [4.78, 5) is 23.1. The Labute approximate surface area is 153 Å². The number of unbranched alkanes of at least 4 members (excludes halogenated alkanes) is 2. The molecule has 1 fully saturated rings. The zero-order valence-electron chi connectivity index (χ0n) is 16.3. The van der Waals surface area contributed by atoms with Crippen LogP contribution in [0.5, 0.6) is 0 Å². The van der Waals surface area contributed by atoms with Crippen LogP contribution in [-0.4, -0.2) is 12.1 Å². The minimum atomic E-state index is -0.388. The number of rotatable bonds is 8. The highest BCUT2D eigenvalue weighted by Crippen LogP contribution is 2.35. The summed E-state index contributed by atoms with van der Waals surface area (Å²) >= 11 is 0. The molecule has 140 valence electrons. The lowest BCUT2D eigenvalue weighted by molar-refractivity contribution is -0.296. The molecule has 0 aromatic heterocycles. The predicted molar refractivity (Wildman–Crippen MR) is 101 cm³/mol. The second-order valence-corrected chi connectivity index (χ2v) is 7.99. The van der Waals surface area contributed by atoms with Gasteiger partial charge in [0.25, 0.3) is 0 Å². The van der Waals surface area contributed by atoms with Gasteiger partial charge in [-0.05, 0) is 61.1 Å². The van der Waals surface area contributed by atoms with E-state index in [2.05, 4.69) is 27.7 Å². The maximum atomic E-state index is 12.3. The van der Waals surface area contributed by atoms with Gasteiger partial charge >= 0.3 is 5.97 Å². The average Bonchev–Trinajstić information content (AvgIpc) is 2.60. The second-order valence-electron chi connectivity index (χ2n) is 7.99. The van der Waals surface area contributed by atoms with Crippen molar-refractivity contribution in [2.45, 2.75) is 78.7 Å². The van der Waals surface area contributed by atoms with E-state index in [9.17, 15) is 4.79 Å². The van der Waals surface area contributed by atoms with E-state index in [1.54, 1.807) is 0 Å². The number of benzene rings is 1. The molecule has 1 aliphatic rings. The van der Waals surface area contributed by atoms with Crippen LogP contribution in [0.2, 0.25) is 0 Å². The monoisotopic (exact) mass is 346 g/mol. The SMILES string of the molecule is CCCCCc1ccc(C(=O)OOC2CC(C)CCC2C(C)C)cc1. The lowest BCUT2D eigenvalue weighted by Gasteiger charge is -2.35. The molecule has 1 saturated carbocycles. The Morgan fingerprint density at radius 1 is 1.16 bits per heavy atom. The lowest BCUT2D eigenvalue weighted by atomic mass is 9.75. The van der Waals surface area contributed by atoms with E-state index < -0.39 is 0 Å². The van der Waals surface area contributed by atoms with Crippen LogP contribution in [0, 0.1) is 17.8 Å². The summed E-state index contributed by atoms with van der Waals surface area (Å²) in [5, 5.41) is 0. The van der Waals surface area contributed by atoms with Crippen molar-refractivity contribution in [2.24, 2.45) is 17.8 Å². The first-order valence-electron chi connectivity index (χ1n) is 9.97. The molecule has 0 amide bonds. The van der Waals surface area contributed by atoms with Crippen molar-refractivity contribution in [2.75, 3.05) is 0 Å². The summed E-state index contributed by atoms with van der Waals surface area (Å²) in [6.45, 7) is 8.88. The van der Waals surface area contributed by atoms with Crippen molar-refractivity contribution in [3.63, 3.8) is 0 Å². The molecular formula is C22H34O3. The third kappa shape index (κ3) is 6.14. The Bertz CT molecular complexity index is 521. The summed E-state index contributed by atoms with van der Waals surface area (Å²) in [7, 11) is 0. The lowest BCUT2D eigenvalue weighted by Crippen LogP contribution is -2.34. The summed E-state index contributed by atoms with van der Waals surface area (Å²) in [6.07, 6.45) is 8.08. The van der Waals surface area contributed by atoms with Crippen LogP contribution in [0.25, 0.3) is 0 Å². The highest BCUT2D eigenvalue weighted by molar-refractivity contribution is 5.88. The van der Waals surface area contributed by atoms with Gasteiger partial charge in [0.15, 0.2) is 0 Å². The number of hydrogen-bond donors (Lipinski definition) is 0. The van der Waals surface area contributed by atoms with E-state index in [-0.39, 0.29) is 12.1 Å². The number of hydrogen-bond acceptors (Lipinski definition) is 3. The van der Waals surface area contributed by atoms with Crippen LogP contribution < -0.4 is 0 Å². The maximum absolute atomic E-state index is 12.3. The maximum Gasteiger partial charge on any atom is 0.373 e. The Morgan fingerprint density at radius 3 is 2.52 bits per heavy atom. The van der Waals surface area contributed by atoms with Crippen molar-refractivity contribution in [1.29, 1.82) is 0 Å². The van der Waals surface area contributed by atoms with Crippen LogP contribution in [0.3, 0.4) is 0 Å². The molecule has 0 heterocycles. The molecule has 0 aliphatic heterocycles. The van der Waals surface area contributed by atoms with Crippen molar-refractivity contribution in [1.82, 2.24) is 0 Å². The molecule has 3 unspecified atom stereocenters. The molecule has 2 rings (SSSR count). The molecule has 25 heavy (non-hydrogen) atoms. The summed E-state index contributed by atoms with van der Waals surface area (Å²) in [5.74, 6) is 1.24. The molecule has 0 spiro atoms.